The molecule has 18 heavy (non-hydrogen) atoms. The van der Waals surface area contributed by atoms with Gasteiger partial charge in [-0.15, -0.1) is 0 Å². The Bertz CT molecular complexity index is 528. The summed E-state index contributed by atoms with van der Waals surface area (Å²) in [5.41, 5.74) is 1.65. The van der Waals surface area contributed by atoms with Crippen LogP contribution in [0.25, 0.3) is 0 Å². The highest BCUT2D eigenvalue weighted by molar-refractivity contribution is 6.31. The molecule has 1 heterocycles. The summed E-state index contributed by atoms with van der Waals surface area (Å²) >= 11 is 6.04. The normalized spacial score (nSPS) is 10.1. The lowest BCUT2D eigenvalue weighted by Crippen LogP contribution is -2.25. The summed E-state index contributed by atoms with van der Waals surface area (Å²) < 4.78 is 0. The zero-order valence-corrected chi connectivity index (χ0v) is 10.5. The van der Waals surface area contributed by atoms with Gasteiger partial charge in [-0.05, 0) is 30.2 Å². The number of carbonyl (C=O) groups excluding carboxylic acids is 1. The molecule has 1 aromatic heterocycles. The Morgan fingerprint density at radius 3 is 2.61 bits per heavy atom. The third-order valence-electron chi connectivity index (χ3n) is 2.58. The number of amides is 1. The molecule has 92 valence electrons. The van der Waals surface area contributed by atoms with Gasteiger partial charge in [-0.1, -0.05) is 29.8 Å². The van der Waals surface area contributed by atoms with Gasteiger partial charge in [0.25, 0.3) is 5.91 Å². The van der Waals surface area contributed by atoms with Crippen LogP contribution < -0.4 is 5.32 Å². The second-order valence-electron chi connectivity index (χ2n) is 3.83. The Labute approximate surface area is 111 Å². The van der Waals surface area contributed by atoms with Crippen LogP contribution in [0.15, 0.2) is 48.8 Å². The van der Waals surface area contributed by atoms with E-state index in [0.29, 0.717) is 12.1 Å². The predicted molar refractivity (Wildman–Crippen MR) is 71.7 cm³/mol. The molecule has 0 unspecified atom stereocenters. The number of pyridine rings is 1. The Hall–Kier alpha value is -1.87. The topological polar surface area (TPSA) is 42.0 Å². The Morgan fingerprint density at radius 1 is 1.17 bits per heavy atom. The summed E-state index contributed by atoms with van der Waals surface area (Å²) in [5, 5.41) is 3.58. The van der Waals surface area contributed by atoms with Crippen molar-refractivity contribution in [2.45, 2.75) is 6.42 Å². The lowest BCUT2D eigenvalue weighted by Gasteiger charge is -2.06. The number of nitrogens with zero attached hydrogens (tertiary/aromatic N) is 1. The molecule has 1 N–H and O–H groups in total. The molecule has 0 aliphatic carbocycles. The Morgan fingerprint density at radius 2 is 1.89 bits per heavy atom. The fourth-order valence-corrected chi connectivity index (χ4v) is 1.85. The minimum atomic E-state index is -0.0931. The molecule has 0 spiro atoms. The molecular weight excluding hydrogens is 248 g/mol. The first-order valence-corrected chi connectivity index (χ1v) is 6.07. The van der Waals surface area contributed by atoms with Gasteiger partial charge in [0, 0.05) is 29.5 Å². The molecule has 0 radical (unpaired) electrons. The van der Waals surface area contributed by atoms with Crippen molar-refractivity contribution in [3.8, 4) is 0 Å². The fourth-order valence-electron chi connectivity index (χ4n) is 1.62. The average molecular weight is 261 g/mol. The van der Waals surface area contributed by atoms with E-state index in [1.165, 1.54) is 0 Å². The molecule has 2 rings (SSSR count). The summed E-state index contributed by atoms with van der Waals surface area (Å²) in [6.07, 6.45) is 3.92. The maximum atomic E-state index is 11.7. The van der Waals surface area contributed by atoms with E-state index in [1.807, 2.05) is 24.3 Å². The number of halogens is 1. The lowest BCUT2D eigenvalue weighted by atomic mass is 10.1. The molecule has 0 bridgehead atoms. The zero-order chi connectivity index (χ0) is 12.8. The van der Waals surface area contributed by atoms with Gasteiger partial charge in [0.05, 0.1) is 0 Å². The predicted octanol–water partition coefficient (Wildman–Crippen LogP) is 2.71. The van der Waals surface area contributed by atoms with Gasteiger partial charge >= 0.3 is 0 Å². The van der Waals surface area contributed by atoms with E-state index in [2.05, 4.69) is 10.3 Å². The van der Waals surface area contributed by atoms with Crippen LogP contribution >= 0.6 is 11.6 Å². The molecule has 2 aromatic rings. The molecule has 0 aliphatic heterocycles. The van der Waals surface area contributed by atoms with Gasteiger partial charge in [-0.25, -0.2) is 0 Å². The van der Waals surface area contributed by atoms with Crippen LogP contribution in [0.3, 0.4) is 0 Å². The van der Waals surface area contributed by atoms with Gasteiger partial charge in [-0.3, -0.25) is 9.78 Å². The van der Waals surface area contributed by atoms with Crippen molar-refractivity contribution >= 4 is 17.5 Å². The first-order valence-electron chi connectivity index (χ1n) is 5.69. The van der Waals surface area contributed by atoms with Gasteiger partial charge in [0.1, 0.15) is 0 Å². The van der Waals surface area contributed by atoms with Crippen molar-refractivity contribution in [2.24, 2.45) is 0 Å². The van der Waals surface area contributed by atoms with E-state index in [-0.39, 0.29) is 5.91 Å². The number of nitrogens with one attached hydrogen (secondary N) is 1. The standard InChI is InChI=1S/C14H13ClN2O/c15-13-4-2-1-3-11(13)7-10-17-14(18)12-5-8-16-9-6-12/h1-6,8-9H,7,10H2,(H,17,18). The third kappa shape index (κ3) is 3.31. The molecule has 0 saturated heterocycles. The quantitative estimate of drug-likeness (QED) is 0.918. The van der Waals surface area contributed by atoms with Crippen LogP contribution in [0.5, 0.6) is 0 Å². The SMILES string of the molecule is O=C(NCCc1ccccc1Cl)c1ccncc1. The number of aromatic nitrogens is 1. The monoisotopic (exact) mass is 260 g/mol. The average Bonchev–Trinajstić information content (AvgIpc) is 2.42. The van der Waals surface area contributed by atoms with E-state index in [1.54, 1.807) is 24.5 Å². The molecule has 4 heteroatoms. The highest BCUT2D eigenvalue weighted by atomic mass is 35.5. The van der Waals surface area contributed by atoms with Crippen LogP contribution in [0.2, 0.25) is 5.02 Å². The smallest absolute Gasteiger partial charge is 0.251 e. The van der Waals surface area contributed by atoms with Crippen molar-refractivity contribution in [1.29, 1.82) is 0 Å². The van der Waals surface area contributed by atoms with Crippen LogP contribution in [0, 0.1) is 0 Å². The second-order valence-corrected chi connectivity index (χ2v) is 4.24. The van der Waals surface area contributed by atoms with Gasteiger partial charge in [-0.2, -0.15) is 0 Å². The highest BCUT2D eigenvalue weighted by Gasteiger charge is 2.04. The lowest BCUT2D eigenvalue weighted by molar-refractivity contribution is 0.0954. The van der Waals surface area contributed by atoms with Crippen LogP contribution in [0.4, 0.5) is 0 Å². The summed E-state index contributed by atoms with van der Waals surface area (Å²) in [7, 11) is 0. The first-order chi connectivity index (χ1) is 8.77. The van der Waals surface area contributed by atoms with E-state index < -0.39 is 0 Å². The number of hydrogen-bond acceptors (Lipinski definition) is 2. The molecule has 0 saturated carbocycles. The molecule has 0 aliphatic rings. The van der Waals surface area contributed by atoms with E-state index in [9.17, 15) is 4.79 Å². The van der Waals surface area contributed by atoms with E-state index in [0.717, 1.165) is 17.0 Å². The van der Waals surface area contributed by atoms with E-state index >= 15 is 0 Å². The van der Waals surface area contributed by atoms with Crippen molar-refractivity contribution in [3.05, 3.63) is 64.9 Å². The largest absolute Gasteiger partial charge is 0.352 e. The highest BCUT2D eigenvalue weighted by Crippen LogP contribution is 2.14. The summed E-state index contributed by atoms with van der Waals surface area (Å²) in [6.45, 7) is 0.560. The molecular formula is C14H13ClN2O. The third-order valence-corrected chi connectivity index (χ3v) is 2.95. The minimum absolute atomic E-state index is 0.0931. The minimum Gasteiger partial charge on any atom is -0.352 e. The van der Waals surface area contributed by atoms with Crippen LogP contribution in [0.1, 0.15) is 15.9 Å². The van der Waals surface area contributed by atoms with Gasteiger partial charge in [0.15, 0.2) is 0 Å². The Kier molecular flexibility index (Phi) is 4.31. The zero-order valence-electron chi connectivity index (χ0n) is 9.77. The molecule has 1 amide bonds. The number of benzene rings is 1. The molecule has 1 aromatic carbocycles. The van der Waals surface area contributed by atoms with Gasteiger partial charge < -0.3 is 5.32 Å². The summed E-state index contributed by atoms with van der Waals surface area (Å²) in [6, 6.07) is 11.0. The van der Waals surface area contributed by atoms with Crippen LogP contribution in [-0.2, 0) is 6.42 Å². The summed E-state index contributed by atoms with van der Waals surface area (Å²) in [5.74, 6) is -0.0931. The molecule has 0 atom stereocenters. The fraction of sp³-hybridized carbons (Fsp3) is 0.143. The second kappa shape index (κ2) is 6.17. The number of rotatable bonds is 4. The number of carbonyl (C=O) groups is 1. The van der Waals surface area contributed by atoms with E-state index in [4.69, 9.17) is 11.6 Å². The number of hydrogen-bond donors (Lipinski definition) is 1. The summed E-state index contributed by atoms with van der Waals surface area (Å²) in [4.78, 5) is 15.6. The van der Waals surface area contributed by atoms with Crippen molar-refractivity contribution < 1.29 is 4.79 Å². The van der Waals surface area contributed by atoms with Crippen molar-refractivity contribution in [2.75, 3.05) is 6.54 Å². The van der Waals surface area contributed by atoms with Crippen LogP contribution in [-0.4, -0.2) is 17.4 Å². The maximum Gasteiger partial charge on any atom is 0.251 e. The van der Waals surface area contributed by atoms with Crippen molar-refractivity contribution in [1.82, 2.24) is 10.3 Å². The maximum absolute atomic E-state index is 11.7. The van der Waals surface area contributed by atoms with Gasteiger partial charge in [0.2, 0.25) is 0 Å². The van der Waals surface area contributed by atoms with Crippen molar-refractivity contribution in [3.63, 3.8) is 0 Å². The first kappa shape index (κ1) is 12.6. The molecule has 3 nitrogen and oxygen atoms in total. The Balaban J connectivity index is 1.86. The molecule has 0 fully saturated rings.